The SMILES string of the molecule is CCc1cc(F)cc(C(=O)NC[C@@H](NC(=O)OCc2ccccc2)C(=O)OCc2ccccc2)c1. The quantitative estimate of drug-likeness (QED) is 0.427. The number of nitrogens with one attached hydrogen (secondary N) is 2. The third kappa shape index (κ3) is 8.26. The number of hydrogen-bond acceptors (Lipinski definition) is 5. The number of carbonyl (C=O) groups excluding carboxylic acids is 3. The van der Waals surface area contributed by atoms with Gasteiger partial charge in [0.05, 0.1) is 0 Å². The maximum Gasteiger partial charge on any atom is 0.408 e. The van der Waals surface area contributed by atoms with E-state index in [0.717, 1.165) is 17.2 Å². The molecule has 3 rings (SSSR count). The Balaban J connectivity index is 1.63. The highest BCUT2D eigenvalue weighted by Crippen LogP contribution is 2.10. The van der Waals surface area contributed by atoms with E-state index >= 15 is 0 Å². The smallest absolute Gasteiger partial charge is 0.408 e. The number of halogens is 1. The fraction of sp³-hybridized carbons (Fsp3) is 0.222. The zero-order valence-corrected chi connectivity index (χ0v) is 19.3. The molecule has 1 atom stereocenters. The summed E-state index contributed by atoms with van der Waals surface area (Å²) < 4.78 is 24.3. The summed E-state index contributed by atoms with van der Waals surface area (Å²) in [6, 6.07) is 20.9. The molecule has 0 heterocycles. The van der Waals surface area contributed by atoms with E-state index in [1.807, 2.05) is 43.3 Å². The fourth-order valence-corrected chi connectivity index (χ4v) is 3.21. The predicted molar refractivity (Wildman–Crippen MR) is 128 cm³/mol. The van der Waals surface area contributed by atoms with Gasteiger partial charge in [-0.05, 0) is 41.3 Å². The number of aryl methyl sites for hydroxylation is 1. The van der Waals surface area contributed by atoms with Gasteiger partial charge in [0.25, 0.3) is 5.91 Å². The first-order chi connectivity index (χ1) is 16.9. The number of ether oxygens (including phenoxy) is 2. The van der Waals surface area contributed by atoms with Gasteiger partial charge in [-0.3, -0.25) is 4.79 Å². The van der Waals surface area contributed by atoms with Crippen LogP contribution in [0.4, 0.5) is 9.18 Å². The molecule has 35 heavy (non-hydrogen) atoms. The van der Waals surface area contributed by atoms with Crippen molar-refractivity contribution in [2.75, 3.05) is 6.54 Å². The molecule has 0 fully saturated rings. The van der Waals surface area contributed by atoms with Crippen LogP contribution in [0.15, 0.2) is 78.9 Å². The first-order valence-electron chi connectivity index (χ1n) is 11.2. The van der Waals surface area contributed by atoms with Crippen LogP contribution >= 0.6 is 0 Å². The molecular weight excluding hydrogens is 451 g/mol. The van der Waals surface area contributed by atoms with E-state index in [4.69, 9.17) is 9.47 Å². The van der Waals surface area contributed by atoms with Gasteiger partial charge in [0.2, 0.25) is 0 Å². The van der Waals surface area contributed by atoms with Crippen LogP contribution in [0.5, 0.6) is 0 Å². The van der Waals surface area contributed by atoms with E-state index in [0.29, 0.717) is 12.0 Å². The number of hydrogen-bond donors (Lipinski definition) is 2. The van der Waals surface area contributed by atoms with E-state index in [-0.39, 0.29) is 25.3 Å². The second-order valence-corrected chi connectivity index (χ2v) is 7.76. The van der Waals surface area contributed by atoms with Crippen LogP contribution < -0.4 is 10.6 Å². The molecule has 7 nitrogen and oxygen atoms in total. The maximum absolute atomic E-state index is 13.8. The Labute approximate surface area is 203 Å². The standard InChI is InChI=1S/C27H27FN2O5/c1-2-19-13-22(15-23(28)14-19)25(31)29-16-24(26(32)34-17-20-9-5-3-6-10-20)30-27(33)35-18-21-11-7-4-8-12-21/h3-15,24H,2,16-18H2,1H3,(H,29,31)(H,30,33)/t24-/m1/s1. The highest BCUT2D eigenvalue weighted by molar-refractivity contribution is 5.95. The minimum atomic E-state index is -1.22. The van der Waals surface area contributed by atoms with Crippen molar-refractivity contribution in [2.45, 2.75) is 32.6 Å². The lowest BCUT2D eigenvalue weighted by Gasteiger charge is -2.18. The summed E-state index contributed by atoms with van der Waals surface area (Å²) in [6.07, 6.45) is -0.287. The van der Waals surface area contributed by atoms with Gasteiger partial charge in [-0.25, -0.2) is 14.0 Å². The first kappa shape index (κ1) is 25.4. The van der Waals surface area contributed by atoms with Gasteiger partial charge >= 0.3 is 12.1 Å². The second kappa shape index (κ2) is 12.9. The molecule has 0 aromatic heterocycles. The van der Waals surface area contributed by atoms with Gasteiger partial charge in [0.1, 0.15) is 25.1 Å². The van der Waals surface area contributed by atoms with Crippen molar-refractivity contribution in [3.8, 4) is 0 Å². The number of amides is 2. The molecule has 0 saturated heterocycles. The van der Waals surface area contributed by atoms with E-state index in [2.05, 4.69) is 10.6 Å². The molecule has 0 bridgehead atoms. The Morgan fingerprint density at radius 1 is 0.829 bits per heavy atom. The molecule has 8 heteroatoms. The summed E-state index contributed by atoms with van der Waals surface area (Å²) in [5, 5.41) is 5.00. The third-order valence-corrected chi connectivity index (χ3v) is 5.11. The molecule has 0 radical (unpaired) electrons. The summed E-state index contributed by atoms with van der Waals surface area (Å²) >= 11 is 0. The van der Waals surface area contributed by atoms with Crippen LogP contribution in [-0.2, 0) is 33.9 Å². The fourth-order valence-electron chi connectivity index (χ4n) is 3.21. The van der Waals surface area contributed by atoms with Gasteiger partial charge in [-0.1, -0.05) is 67.6 Å². The van der Waals surface area contributed by atoms with Crippen molar-refractivity contribution in [3.63, 3.8) is 0 Å². The van der Waals surface area contributed by atoms with E-state index in [1.165, 1.54) is 6.07 Å². The largest absolute Gasteiger partial charge is 0.459 e. The van der Waals surface area contributed by atoms with Crippen molar-refractivity contribution in [2.24, 2.45) is 0 Å². The Bertz CT molecular complexity index is 1140. The maximum atomic E-state index is 13.8. The molecule has 2 amide bonds. The zero-order chi connectivity index (χ0) is 25.0. The van der Waals surface area contributed by atoms with Crippen molar-refractivity contribution >= 4 is 18.0 Å². The molecule has 2 N–H and O–H groups in total. The lowest BCUT2D eigenvalue weighted by Crippen LogP contribution is -2.49. The summed E-state index contributed by atoms with van der Waals surface area (Å²) in [5.74, 6) is -1.87. The number of esters is 1. The number of benzene rings is 3. The van der Waals surface area contributed by atoms with Gasteiger partial charge in [-0.15, -0.1) is 0 Å². The number of carbonyl (C=O) groups is 3. The van der Waals surface area contributed by atoms with Crippen molar-refractivity contribution in [1.82, 2.24) is 10.6 Å². The molecule has 182 valence electrons. The highest BCUT2D eigenvalue weighted by atomic mass is 19.1. The molecule has 3 aromatic rings. The van der Waals surface area contributed by atoms with E-state index < -0.39 is 29.8 Å². The third-order valence-electron chi connectivity index (χ3n) is 5.11. The summed E-state index contributed by atoms with van der Waals surface area (Å²) in [7, 11) is 0. The van der Waals surface area contributed by atoms with Crippen LogP contribution in [0.25, 0.3) is 0 Å². The van der Waals surface area contributed by atoms with Gasteiger partial charge in [0.15, 0.2) is 0 Å². The highest BCUT2D eigenvalue weighted by Gasteiger charge is 2.24. The van der Waals surface area contributed by atoms with Crippen molar-refractivity contribution in [1.29, 1.82) is 0 Å². The van der Waals surface area contributed by atoms with E-state index in [9.17, 15) is 18.8 Å². The molecule has 0 saturated carbocycles. The second-order valence-electron chi connectivity index (χ2n) is 7.76. The Morgan fingerprint density at radius 3 is 2.03 bits per heavy atom. The van der Waals surface area contributed by atoms with Gasteiger partial charge < -0.3 is 20.1 Å². The Kier molecular flexibility index (Phi) is 9.36. The molecule has 0 spiro atoms. The molecule has 0 aliphatic rings. The minimum Gasteiger partial charge on any atom is -0.459 e. The molecule has 0 aliphatic carbocycles. The summed E-state index contributed by atoms with van der Waals surface area (Å²) in [4.78, 5) is 37.7. The van der Waals surface area contributed by atoms with Crippen molar-refractivity contribution < 1.29 is 28.2 Å². The van der Waals surface area contributed by atoms with Crippen LogP contribution in [0.2, 0.25) is 0 Å². The summed E-state index contributed by atoms with van der Waals surface area (Å²) in [6.45, 7) is 1.58. The van der Waals surface area contributed by atoms with E-state index in [1.54, 1.807) is 30.3 Å². The number of alkyl carbamates (subject to hydrolysis) is 1. The molecule has 0 aliphatic heterocycles. The van der Waals surface area contributed by atoms with Crippen LogP contribution in [0.3, 0.4) is 0 Å². The monoisotopic (exact) mass is 478 g/mol. The minimum absolute atomic E-state index is 0.00534. The molecule has 3 aromatic carbocycles. The normalized spacial score (nSPS) is 11.3. The van der Waals surface area contributed by atoms with Gasteiger partial charge in [0, 0.05) is 12.1 Å². The Hall–Kier alpha value is -4.20. The topological polar surface area (TPSA) is 93.7 Å². The van der Waals surface area contributed by atoms with Crippen LogP contribution in [0.1, 0.15) is 34.0 Å². The lowest BCUT2D eigenvalue weighted by atomic mass is 10.1. The van der Waals surface area contributed by atoms with Crippen LogP contribution in [0, 0.1) is 5.82 Å². The zero-order valence-electron chi connectivity index (χ0n) is 19.3. The number of rotatable bonds is 10. The molecular formula is C27H27FN2O5. The molecule has 0 unspecified atom stereocenters. The average molecular weight is 479 g/mol. The summed E-state index contributed by atoms with van der Waals surface area (Å²) in [5.41, 5.74) is 2.32. The average Bonchev–Trinajstić information content (AvgIpc) is 2.89. The Morgan fingerprint density at radius 2 is 1.43 bits per heavy atom. The van der Waals surface area contributed by atoms with Gasteiger partial charge in [-0.2, -0.15) is 0 Å². The first-order valence-corrected chi connectivity index (χ1v) is 11.2. The predicted octanol–water partition coefficient (Wildman–Crippen LogP) is 4.16. The van der Waals surface area contributed by atoms with Crippen molar-refractivity contribution in [3.05, 3.63) is 107 Å². The van der Waals surface area contributed by atoms with Crippen LogP contribution in [-0.4, -0.2) is 30.6 Å². The lowest BCUT2D eigenvalue weighted by molar-refractivity contribution is -0.147.